The number of pyridine rings is 1. The van der Waals surface area contributed by atoms with Gasteiger partial charge in [0.25, 0.3) is 5.91 Å². The molecule has 0 radical (unpaired) electrons. The number of aromatic nitrogens is 1. The summed E-state index contributed by atoms with van der Waals surface area (Å²) in [6.07, 6.45) is -0.967. The molecule has 5 atom stereocenters. The van der Waals surface area contributed by atoms with Crippen molar-refractivity contribution < 1.29 is 41.8 Å². The van der Waals surface area contributed by atoms with Gasteiger partial charge in [-0.3, -0.25) is 19.4 Å². The highest BCUT2D eigenvalue weighted by atomic mass is 32.2. The largest absolute Gasteiger partial charge is 0.390 e. The Morgan fingerprint density at radius 3 is 2.02 bits per heavy atom. The van der Waals surface area contributed by atoms with Crippen molar-refractivity contribution in [1.29, 1.82) is 0 Å². The number of rotatable bonds is 19. The Morgan fingerprint density at radius 1 is 0.820 bits per heavy atom. The number of aliphatic hydroxyl groups is 2. The second-order valence-electron chi connectivity index (χ2n) is 12.3. The number of carbonyl (C=O) groups is 3. The number of nitrogens with one attached hydrogen (secondary N) is 3. The summed E-state index contributed by atoms with van der Waals surface area (Å²) in [6, 6.07) is 12.8. The molecule has 50 heavy (non-hydrogen) atoms. The van der Waals surface area contributed by atoms with E-state index in [0.717, 1.165) is 17.7 Å². The van der Waals surface area contributed by atoms with Gasteiger partial charge in [0.15, 0.2) is 9.84 Å². The maximum absolute atomic E-state index is 14.2. The third-order valence-electron chi connectivity index (χ3n) is 8.35. The van der Waals surface area contributed by atoms with E-state index in [2.05, 4.69) is 20.9 Å². The van der Waals surface area contributed by atoms with Crippen LogP contribution in [0.4, 0.5) is 8.78 Å². The van der Waals surface area contributed by atoms with Gasteiger partial charge in [-0.25, -0.2) is 17.2 Å². The van der Waals surface area contributed by atoms with Crippen LogP contribution < -0.4 is 16.0 Å². The van der Waals surface area contributed by atoms with Crippen molar-refractivity contribution >= 4 is 27.6 Å². The summed E-state index contributed by atoms with van der Waals surface area (Å²) in [5.74, 6) is -6.37. The Hall–Kier alpha value is -4.27. The molecule has 1 heterocycles. The summed E-state index contributed by atoms with van der Waals surface area (Å²) in [4.78, 5) is 44.0. The van der Waals surface area contributed by atoms with Crippen LogP contribution in [0.1, 0.15) is 68.1 Å². The molecule has 0 spiro atoms. The van der Waals surface area contributed by atoms with E-state index in [0.29, 0.717) is 31.7 Å². The summed E-state index contributed by atoms with van der Waals surface area (Å²) in [5, 5.41) is 29.4. The van der Waals surface area contributed by atoms with Crippen LogP contribution in [0.15, 0.2) is 72.9 Å². The predicted octanol–water partition coefficient (Wildman–Crippen LogP) is 3.24. The fraction of sp³-hybridized carbons (Fsp3) is 0.444. The predicted molar refractivity (Wildman–Crippen MR) is 184 cm³/mol. The van der Waals surface area contributed by atoms with E-state index in [4.69, 9.17) is 0 Å². The summed E-state index contributed by atoms with van der Waals surface area (Å²) < 4.78 is 55.5. The topological polar surface area (TPSA) is 175 Å². The van der Waals surface area contributed by atoms with Crippen LogP contribution in [0.2, 0.25) is 0 Å². The van der Waals surface area contributed by atoms with E-state index in [1.807, 2.05) is 19.9 Å². The molecule has 272 valence electrons. The molecule has 0 aliphatic rings. The van der Waals surface area contributed by atoms with E-state index in [9.17, 15) is 41.8 Å². The first-order chi connectivity index (χ1) is 23.7. The quantitative estimate of drug-likeness (QED) is 0.126. The molecule has 0 aliphatic heterocycles. The van der Waals surface area contributed by atoms with Crippen molar-refractivity contribution in [3.8, 4) is 0 Å². The third kappa shape index (κ3) is 12.0. The smallest absolute Gasteiger partial charge is 0.270 e. The molecule has 14 heteroatoms. The Bertz CT molecular complexity index is 1640. The SMILES string of the molecule is CCCC(CCC)S(=O)(=O)CC(NC(=O)c1ccccn1)C(=O)N[C@@H](Cc1cc(F)cc(F)c1)[C@@H](O)[C@H](O)[C@@H](C)C(=O)NCc1ccccc1. The molecule has 0 aliphatic carbocycles. The van der Waals surface area contributed by atoms with Crippen LogP contribution in [0.5, 0.6) is 0 Å². The fourth-order valence-electron chi connectivity index (χ4n) is 5.59. The normalized spacial score (nSPS) is 14.6. The van der Waals surface area contributed by atoms with Gasteiger partial charge in [0.2, 0.25) is 11.8 Å². The molecule has 2 aromatic carbocycles. The number of hydrogen-bond acceptors (Lipinski definition) is 8. The molecule has 3 aromatic rings. The average molecular weight is 717 g/mol. The van der Waals surface area contributed by atoms with E-state index < -0.39 is 86.8 Å². The van der Waals surface area contributed by atoms with Crippen LogP contribution in [0.3, 0.4) is 0 Å². The fourth-order valence-corrected chi connectivity index (χ4v) is 7.75. The van der Waals surface area contributed by atoms with Gasteiger partial charge in [-0.05, 0) is 54.7 Å². The summed E-state index contributed by atoms with van der Waals surface area (Å²) in [7, 11) is -3.98. The minimum absolute atomic E-state index is 0.00659. The molecular formula is C36H46F2N4O7S. The van der Waals surface area contributed by atoms with E-state index in [1.54, 1.807) is 30.3 Å². The molecule has 0 saturated carbocycles. The van der Waals surface area contributed by atoms with E-state index in [1.165, 1.54) is 25.3 Å². The number of aliphatic hydroxyl groups excluding tert-OH is 2. The zero-order valence-corrected chi connectivity index (χ0v) is 29.2. The van der Waals surface area contributed by atoms with Crippen molar-refractivity contribution in [3.63, 3.8) is 0 Å². The first-order valence-electron chi connectivity index (χ1n) is 16.6. The number of benzene rings is 2. The van der Waals surface area contributed by atoms with Crippen LogP contribution in [0.25, 0.3) is 0 Å². The van der Waals surface area contributed by atoms with Gasteiger partial charge in [-0.15, -0.1) is 0 Å². The number of sulfone groups is 1. The monoisotopic (exact) mass is 716 g/mol. The van der Waals surface area contributed by atoms with Gasteiger partial charge < -0.3 is 26.2 Å². The lowest BCUT2D eigenvalue weighted by Crippen LogP contribution is -2.58. The first kappa shape index (κ1) is 40.2. The third-order valence-corrected chi connectivity index (χ3v) is 10.6. The Kier molecular flexibility index (Phi) is 15.4. The second kappa shape index (κ2) is 19.2. The van der Waals surface area contributed by atoms with Gasteiger partial charge in [-0.2, -0.15) is 0 Å². The molecule has 0 fully saturated rings. The van der Waals surface area contributed by atoms with Gasteiger partial charge in [0.05, 0.1) is 29.1 Å². The lowest BCUT2D eigenvalue weighted by molar-refractivity contribution is -0.133. The summed E-state index contributed by atoms with van der Waals surface area (Å²) >= 11 is 0. The Labute approximate surface area is 291 Å². The van der Waals surface area contributed by atoms with Crippen molar-refractivity contribution in [2.24, 2.45) is 5.92 Å². The highest BCUT2D eigenvalue weighted by Gasteiger charge is 2.38. The highest BCUT2D eigenvalue weighted by molar-refractivity contribution is 7.92. The number of nitrogens with zero attached hydrogens (tertiary/aromatic N) is 1. The molecular weight excluding hydrogens is 670 g/mol. The summed E-state index contributed by atoms with van der Waals surface area (Å²) in [6.45, 7) is 5.17. The number of halogens is 2. The average Bonchev–Trinajstić information content (AvgIpc) is 3.09. The minimum Gasteiger partial charge on any atom is -0.390 e. The maximum Gasteiger partial charge on any atom is 0.270 e. The van der Waals surface area contributed by atoms with Crippen molar-refractivity contribution in [1.82, 2.24) is 20.9 Å². The summed E-state index contributed by atoms with van der Waals surface area (Å²) in [5.41, 5.74) is 0.696. The standard InChI is InChI=1S/C36H46F2N4O7S/c1-4-11-28(12-5-2)50(48,49)22-31(42-35(46)29-15-9-10-16-39-29)36(47)41-30(19-25-17-26(37)20-27(38)18-25)33(44)32(43)23(3)34(45)40-21-24-13-7-6-8-14-24/h6-10,13-18,20,23,28,30-33,43-44H,4-5,11-12,19,21-22H2,1-3H3,(H,40,45)(H,41,47)(H,42,46)/t23-,30+,31?,32-,33-/m1/s1. The Balaban J connectivity index is 1.92. The van der Waals surface area contributed by atoms with Crippen LogP contribution >= 0.6 is 0 Å². The lowest BCUT2D eigenvalue weighted by Gasteiger charge is -2.32. The van der Waals surface area contributed by atoms with E-state index >= 15 is 0 Å². The Morgan fingerprint density at radius 2 is 1.44 bits per heavy atom. The molecule has 0 saturated heterocycles. The number of amides is 3. The van der Waals surface area contributed by atoms with Gasteiger partial charge in [-0.1, -0.05) is 70.0 Å². The molecule has 0 bridgehead atoms. The van der Waals surface area contributed by atoms with Crippen LogP contribution in [-0.2, 0) is 32.4 Å². The number of carbonyl (C=O) groups excluding carboxylic acids is 3. The first-order valence-corrected chi connectivity index (χ1v) is 18.3. The van der Waals surface area contributed by atoms with Gasteiger partial charge >= 0.3 is 0 Å². The second-order valence-corrected chi connectivity index (χ2v) is 14.7. The highest BCUT2D eigenvalue weighted by Crippen LogP contribution is 2.20. The van der Waals surface area contributed by atoms with Crippen LogP contribution in [0, 0.1) is 17.6 Å². The molecule has 11 nitrogen and oxygen atoms in total. The molecule has 3 amide bonds. The van der Waals surface area contributed by atoms with Gasteiger partial charge in [0.1, 0.15) is 29.5 Å². The molecule has 3 rings (SSSR count). The molecule has 1 unspecified atom stereocenters. The zero-order chi connectivity index (χ0) is 36.8. The minimum atomic E-state index is -3.98. The molecule has 1 aromatic heterocycles. The van der Waals surface area contributed by atoms with Gasteiger partial charge in [0, 0.05) is 18.8 Å². The van der Waals surface area contributed by atoms with Crippen molar-refractivity contribution in [3.05, 3.63) is 101 Å². The zero-order valence-electron chi connectivity index (χ0n) is 28.4. The van der Waals surface area contributed by atoms with Crippen LogP contribution in [-0.4, -0.2) is 76.6 Å². The maximum atomic E-state index is 14.2. The van der Waals surface area contributed by atoms with Crippen molar-refractivity contribution in [2.45, 2.75) is 89.0 Å². The van der Waals surface area contributed by atoms with E-state index in [-0.39, 0.29) is 17.8 Å². The number of hydrogen-bond donors (Lipinski definition) is 5. The molecule has 5 N–H and O–H groups in total. The van der Waals surface area contributed by atoms with Crippen molar-refractivity contribution in [2.75, 3.05) is 5.75 Å². The lowest BCUT2D eigenvalue weighted by atomic mass is 9.90.